The van der Waals surface area contributed by atoms with E-state index in [9.17, 15) is 0 Å². The molecule has 0 atom stereocenters. The Balaban J connectivity index is 1.48. The van der Waals surface area contributed by atoms with Crippen LogP contribution in [0.2, 0.25) is 0 Å². The Morgan fingerprint density at radius 1 is 1.00 bits per heavy atom. The molecule has 0 N–H and O–H groups in total. The second-order valence-electron chi connectivity index (χ2n) is 7.40. The highest BCUT2D eigenvalue weighted by atomic mass is 32.2. The molecule has 4 rings (SSSR count). The molecule has 5 nitrogen and oxygen atoms in total. The lowest BCUT2D eigenvalue weighted by Gasteiger charge is -2.08. The van der Waals surface area contributed by atoms with Crippen LogP contribution < -0.4 is 0 Å². The normalized spacial score (nSPS) is 11.3. The van der Waals surface area contributed by atoms with Gasteiger partial charge < -0.3 is 4.57 Å². The maximum absolute atomic E-state index is 4.84. The van der Waals surface area contributed by atoms with E-state index in [4.69, 9.17) is 4.98 Å². The summed E-state index contributed by atoms with van der Waals surface area (Å²) in [7, 11) is 0. The molecule has 30 heavy (non-hydrogen) atoms. The fourth-order valence-corrected chi connectivity index (χ4v) is 4.98. The van der Waals surface area contributed by atoms with Crippen LogP contribution in [0.1, 0.15) is 44.4 Å². The van der Waals surface area contributed by atoms with Gasteiger partial charge in [0.15, 0.2) is 11.0 Å². The number of rotatable bonds is 8. The highest BCUT2D eigenvalue weighted by Crippen LogP contribution is 2.30. The van der Waals surface area contributed by atoms with E-state index >= 15 is 0 Å². The van der Waals surface area contributed by atoms with Crippen LogP contribution in [-0.4, -0.2) is 24.7 Å². The molecule has 0 amide bonds. The van der Waals surface area contributed by atoms with Crippen LogP contribution in [0.15, 0.2) is 59.3 Å². The van der Waals surface area contributed by atoms with E-state index in [0.717, 1.165) is 46.0 Å². The number of hydrogen-bond acceptors (Lipinski definition) is 6. The van der Waals surface area contributed by atoms with E-state index in [1.165, 1.54) is 11.1 Å². The highest BCUT2D eigenvalue weighted by Gasteiger charge is 2.15. The van der Waals surface area contributed by atoms with Gasteiger partial charge in [-0.15, -0.1) is 21.5 Å². The lowest BCUT2D eigenvalue weighted by Crippen LogP contribution is -2.02. The summed E-state index contributed by atoms with van der Waals surface area (Å²) in [5.74, 6) is 2.21. The second kappa shape index (κ2) is 9.53. The number of thioether (sulfide) groups is 1. The lowest BCUT2D eigenvalue weighted by molar-refractivity contribution is 0.626. The first-order valence-electron chi connectivity index (χ1n) is 10.2. The molecule has 0 bridgehead atoms. The molecule has 0 aliphatic heterocycles. The molecule has 1 aromatic carbocycles. The summed E-state index contributed by atoms with van der Waals surface area (Å²) >= 11 is 3.38. The number of pyridine rings is 1. The van der Waals surface area contributed by atoms with Gasteiger partial charge in [0.25, 0.3) is 0 Å². The van der Waals surface area contributed by atoms with Crippen molar-refractivity contribution in [1.82, 2.24) is 24.7 Å². The van der Waals surface area contributed by atoms with Gasteiger partial charge in [-0.25, -0.2) is 4.98 Å². The third kappa shape index (κ3) is 4.63. The topological polar surface area (TPSA) is 56.5 Å². The smallest absolute Gasteiger partial charge is 0.191 e. The quantitative estimate of drug-likeness (QED) is 0.304. The Kier molecular flexibility index (Phi) is 6.59. The number of benzene rings is 1. The van der Waals surface area contributed by atoms with Gasteiger partial charge >= 0.3 is 0 Å². The summed E-state index contributed by atoms with van der Waals surface area (Å²) in [5, 5.41) is 13.0. The van der Waals surface area contributed by atoms with E-state index in [1.54, 1.807) is 35.5 Å². The summed E-state index contributed by atoms with van der Waals surface area (Å²) < 4.78 is 2.19. The second-order valence-corrected chi connectivity index (χ2v) is 9.20. The Bertz CT molecular complexity index is 1080. The number of aromatic nitrogens is 5. The molecular weight excluding hydrogens is 410 g/mol. The number of nitrogens with zero attached hydrogens (tertiary/aromatic N) is 5. The van der Waals surface area contributed by atoms with Crippen LogP contribution in [-0.2, 0) is 12.3 Å². The van der Waals surface area contributed by atoms with Gasteiger partial charge in [-0.2, -0.15) is 0 Å². The SMILES string of the molecule is CCCn1c(SCc2csc(-c3ccc(C(C)C)cc3)n2)nnc1-c1ccncc1. The molecule has 4 aromatic rings. The fraction of sp³-hybridized carbons (Fsp3) is 0.304. The lowest BCUT2D eigenvalue weighted by atomic mass is 10.0. The molecule has 0 radical (unpaired) electrons. The maximum Gasteiger partial charge on any atom is 0.191 e. The largest absolute Gasteiger partial charge is 0.302 e. The Hall–Kier alpha value is -2.51. The zero-order valence-electron chi connectivity index (χ0n) is 17.4. The summed E-state index contributed by atoms with van der Waals surface area (Å²) in [6.45, 7) is 7.48. The van der Waals surface area contributed by atoms with Crippen LogP contribution in [0.4, 0.5) is 0 Å². The molecule has 0 spiro atoms. The Labute approximate surface area is 185 Å². The number of thiazole rings is 1. The maximum atomic E-state index is 4.84. The van der Waals surface area contributed by atoms with Gasteiger partial charge in [0.05, 0.1) is 5.69 Å². The van der Waals surface area contributed by atoms with Gasteiger partial charge in [-0.3, -0.25) is 4.98 Å². The standard InChI is InChI=1S/C23H25N5S2/c1-4-13-28-21(18-9-11-24-12-10-18)26-27-23(28)30-15-20-14-29-22(25-20)19-7-5-17(6-8-19)16(2)3/h5-12,14,16H,4,13,15H2,1-3H3. The molecule has 0 aliphatic carbocycles. The average molecular weight is 436 g/mol. The molecule has 0 fully saturated rings. The van der Waals surface area contributed by atoms with Crippen molar-refractivity contribution in [3.05, 3.63) is 65.4 Å². The van der Waals surface area contributed by atoms with Crippen molar-refractivity contribution in [2.24, 2.45) is 0 Å². The van der Waals surface area contributed by atoms with Crippen molar-refractivity contribution in [3.63, 3.8) is 0 Å². The Morgan fingerprint density at radius 2 is 1.77 bits per heavy atom. The first kappa shape index (κ1) is 20.8. The van der Waals surface area contributed by atoms with Crippen molar-refractivity contribution in [2.75, 3.05) is 0 Å². The van der Waals surface area contributed by atoms with Gasteiger partial charge in [0.1, 0.15) is 5.01 Å². The molecule has 3 aromatic heterocycles. The molecule has 0 aliphatic rings. The van der Waals surface area contributed by atoms with Crippen LogP contribution in [0, 0.1) is 0 Å². The minimum atomic E-state index is 0.541. The average Bonchev–Trinajstić information content (AvgIpc) is 3.40. The van der Waals surface area contributed by atoms with E-state index in [2.05, 4.69) is 70.2 Å². The van der Waals surface area contributed by atoms with Crippen LogP contribution in [0.5, 0.6) is 0 Å². The summed E-state index contributed by atoms with van der Waals surface area (Å²) in [4.78, 5) is 8.94. The van der Waals surface area contributed by atoms with Gasteiger partial charge in [0, 0.05) is 41.2 Å². The van der Waals surface area contributed by atoms with Gasteiger partial charge in [0.2, 0.25) is 0 Å². The summed E-state index contributed by atoms with van der Waals surface area (Å²) in [5.41, 5.74) is 4.64. The monoisotopic (exact) mass is 435 g/mol. The van der Waals surface area contributed by atoms with Gasteiger partial charge in [-0.1, -0.05) is 56.8 Å². The van der Waals surface area contributed by atoms with E-state index in [1.807, 2.05) is 12.1 Å². The third-order valence-corrected chi connectivity index (χ3v) is 6.77. The summed E-state index contributed by atoms with van der Waals surface area (Å²) in [6, 6.07) is 12.7. The molecule has 154 valence electrons. The minimum absolute atomic E-state index is 0.541. The molecule has 3 heterocycles. The first-order chi connectivity index (χ1) is 14.7. The predicted octanol–water partition coefficient (Wildman–Crippen LogP) is 6.29. The zero-order chi connectivity index (χ0) is 20.9. The zero-order valence-corrected chi connectivity index (χ0v) is 19.1. The molecule has 7 heteroatoms. The van der Waals surface area contributed by atoms with Crippen molar-refractivity contribution in [1.29, 1.82) is 0 Å². The number of hydrogen-bond donors (Lipinski definition) is 0. The van der Waals surface area contributed by atoms with E-state index < -0.39 is 0 Å². The molecule has 0 saturated carbocycles. The van der Waals surface area contributed by atoms with Crippen molar-refractivity contribution < 1.29 is 0 Å². The van der Waals surface area contributed by atoms with Crippen LogP contribution in [0.3, 0.4) is 0 Å². The van der Waals surface area contributed by atoms with Crippen LogP contribution in [0.25, 0.3) is 22.0 Å². The fourth-order valence-electron chi connectivity index (χ4n) is 3.19. The van der Waals surface area contributed by atoms with Crippen molar-refractivity contribution >= 4 is 23.1 Å². The molecular formula is C23H25N5S2. The van der Waals surface area contributed by atoms with Crippen molar-refractivity contribution in [2.45, 2.75) is 50.6 Å². The van der Waals surface area contributed by atoms with Crippen LogP contribution >= 0.6 is 23.1 Å². The van der Waals surface area contributed by atoms with Gasteiger partial charge in [-0.05, 0) is 30.0 Å². The Morgan fingerprint density at radius 3 is 2.47 bits per heavy atom. The minimum Gasteiger partial charge on any atom is -0.302 e. The molecule has 0 unspecified atom stereocenters. The predicted molar refractivity (Wildman–Crippen MR) is 125 cm³/mol. The first-order valence-corrected chi connectivity index (χ1v) is 12.0. The molecule has 0 saturated heterocycles. The highest BCUT2D eigenvalue weighted by molar-refractivity contribution is 7.98. The third-order valence-electron chi connectivity index (χ3n) is 4.83. The van der Waals surface area contributed by atoms with Crippen molar-refractivity contribution in [3.8, 4) is 22.0 Å². The summed E-state index contributed by atoms with van der Waals surface area (Å²) in [6.07, 6.45) is 4.60. The van der Waals surface area contributed by atoms with E-state index in [0.29, 0.717) is 5.92 Å². The van der Waals surface area contributed by atoms with E-state index in [-0.39, 0.29) is 0 Å².